The Labute approximate surface area is 170 Å². The quantitative estimate of drug-likeness (QED) is 0.565. The summed E-state index contributed by atoms with van der Waals surface area (Å²) in [5.41, 5.74) is 1.86. The number of sulfonamides is 1. The van der Waals surface area contributed by atoms with E-state index in [1.807, 2.05) is 59.5 Å². The highest BCUT2D eigenvalue weighted by molar-refractivity contribution is 7.98. The molecule has 1 aromatic heterocycles. The SMILES string of the molecule is CSc1cccc(NS(=O)(=O)c2cn(C3CCCC3)nc2-c2ccccc2)c1. The summed E-state index contributed by atoms with van der Waals surface area (Å²) < 4.78 is 31.1. The van der Waals surface area contributed by atoms with E-state index in [1.165, 1.54) is 0 Å². The first-order valence-corrected chi connectivity index (χ1v) is 12.1. The lowest BCUT2D eigenvalue weighted by Gasteiger charge is -2.09. The second-order valence-electron chi connectivity index (χ2n) is 6.96. The minimum Gasteiger partial charge on any atom is -0.279 e. The van der Waals surface area contributed by atoms with Crippen LogP contribution >= 0.6 is 11.8 Å². The Hall–Kier alpha value is -2.25. The van der Waals surface area contributed by atoms with Gasteiger partial charge in [-0.2, -0.15) is 5.10 Å². The number of benzene rings is 2. The Bertz CT molecular complexity index is 1060. The lowest BCUT2D eigenvalue weighted by atomic mass is 10.2. The number of aromatic nitrogens is 2. The first-order chi connectivity index (χ1) is 13.6. The maximum Gasteiger partial charge on any atom is 0.265 e. The molecular weight excluding hydrogens is 390 g/mol. The maximum atomic E-state index is 13.3. The van der Waals surface area contributed by atoms with E-state index in [-0.39, 0.29) is 10.9 Å². The van der Waals surface area contributed by atoms with Crippen molar-refractivity contribution in [1.29, 1.82) is 0 Å². The standard InChI is InChI=1S/C21H23N3O2S2/c1-27-19-13-7-10-17(14-19)23-28(25,26)20-15-24(18-11-5-6-12-18)22-21(20)16-8-3-2-4-9-16/h2-4,7-10,13-15,18,23H,5-6,11-12H2,1H3. The van der Waals surface area contributed by atoms with Gasteiger partial charge in [0.2, 0.25) is 0 Å². The molecule has 1 aliphatic carbocycles. The Morgan fingerprint density at radius 1 is 1.07 bits per heavy atom. The zero-order valence-electron chi connectivity index (χ0n) is 15.7. The topological polar surface area (TPSA) is 64.0 Å². The van der Waals surface area contributed by atoms with E-state index in [1.54, 1.807) is 24.0 Å². The number of nitrogens with one attached hydrogen (secondary N) is 1. The maximum absolute atomic E-state index is 13.3. The van der Waals surface area contributed by atoms with Crippen molar-refractivity contribution >= 4 is 27.5 Å². The molecule has 1 saturated carbocycles. The van der Waals surface area contributed by atoms with Crippen molar-refractivity contribution in [2.45, 2.75) is 41.5 Å². The third kappa shape index (κ3) is 3.95. The monoisotopic (exact) mass is 413 g/mol. The smallest absolute Gasteiger partial charge is 0.265 e. The van der Waals surface area contributed by atoms with Crippen LogP contribution < -0.4 is 4.72 Å². The summed E-state index contributed by atoms with van der Waals surface area (Å²) in [5.74, 6) is 0. The van der Waals surface area contributed by atoms with E-state index in [4.69, 9.17) is 5.10 Å². The van der Waals surface area contributed by atoms with Crippen LogP contribution in [0, 0.1) is 0 Å². The van der Waals surface area contributed by atoms with Gasteiger partial charge in [-0.15, -0.1) is 11.8 Å². The Morgan fingerprint density at radius 3 is 2.54 bits per heavy atom. The summed E-state index contributed by atoms with van der Waals surface area (Å²) in [4.78, 5) is 1.23. The lowest BCUT2D eigenvalue weighted by molar-refractivity contribution is 0.467. The first kappa shape index (κ1) is 19.1. The van der Waals surface area contributed by atoms with Gasteiger partial charge in [0.05, 0.1) is 6.04 Å². The van der Waals surface area contributed by atoms with Crippen molar-refractivity contribution < 1.29 is 8.42 Å². The predicted molar refractivity (Wildman–Crippen MR) is 114 cm³/mol. The van der Waals surface area contributed by atoms with E-state index in [9.17, 15) is 8.42 Å². The number of nitrogens with zero attached hydrogens (tertiary/aromatic N) is 2. The van der Waals surface area contributed by atoms with Gasteiger partial charge in [-0.25, -0.2) is 8.42 Å². The zero-order valence-corrected chi connectivity index (χ0v) is 17.3. The molecule has 3 aromatic rings. The Kier molecular flexibility index (Phi) is 5.46. The lowest BCUT2D eigenvalue weighted by Crippen LogP contribution is -2.13. The third-order valence-electron chi connectivity index (χ3n) is 5.06. The summed E-state index contributed by atoms with van der Waals surface area (Å²) >= 11 is 1.57. The molecule has 1 fully saturated rings. The minimum absolute atomic E-state index is 0.222. The van der Waals surface area contributed by atoms with Crippen molar-refractivity contribution in [3.63, 3.8) is 0 Å². The molecule has 7 heteroatoms. The molecule has 0 atom stereocenters. The van der Waals surface area contributed by atoms with Crippen molar-refractivity contribution in [3.8, 4) is 11.3 Å². The van der Waals surface area contributed by atoms with Gasteiger partial charge in [0, 0.05) is 22.3 Å². The highest BCUT2D eigenvalue weighted by Gasteiger charge is 2.27. The van der Waals surface area contributed by atoms with Gasteiger partial charge in [-0.1, -0.05) is 49.2 Å². The average molecular weight is 414 g/mol. The van der Waals surface area contributed by atoms with Crippen molar-refractivity contribution in [1.82, 2.24) is 9.78 Å². The van der Waals surface area contributed by atoms with Crippen LogP contribution in [0.4, 0.5) is 5.69 Å². The van der Waals surface area contributed by atoms with Gasteiger partial charge in [-0.3, -0.25) is 9.40 Å². The number of thioether (sulfide) groups is 1. The fourth-order valence-corrected chi connectivity index (χ4v) is 5.29. The summed E-state index contributed by atoms with van der Waals surface area (Å²) in [5, 5.41) is 4.70. The zero-order chi connectivity index (χ0) is 19.6. The van der Waals surface area contributed by atoms with E-state index in [0.717, 1.165) is 36.1 Å². The summed E-state index contributed by atoms with van der Waals surface area (Å²) in [6, 6.07) is 17.2. The largest absolute Gasteiger partial charge is 0.279 e. The molecule has 1 N–H and O–H groups in total. The molecule has 0 saturated heterocycles. The Balaban J connectivity index is 1.75. The van der Waals surface area contributed by atoms with Crippen molar-refractivity contribution in [3.05, 3.63) is 60.8 Å². The molecule has 0 unspecified atom stereocenters. The van der Waals surface area contributed by atoms with Gasteiger partial charge in [0.15, 0.2) is 0 Å². The highest BCUT2D eigenvalue weighted by atomic mass is 32.2. The number of anilines is 1. The second kappa shape index (κ2) is 8.01. The van der Waals surface area contributed by atoms with E-state index in [2.05, 4.69) is 4.72 Å². The molecule has 0 aliphatic heterocycles. The molecule has 0 radical (unpaired) electrons. The molecule has 0 amide bonds. The van der Waals surface area contributed by atoms with Gasteiger partial charge in [-0.05, 0) is 37.3 Å². The van der Waals surface area contributed by atoms with Crippen LogP contribution in [-0.4, -0.2) is 24.5 Å². The number of rotatable bonds is 6. The summed E-state index contributed by atoms with van der Waals surface area (Å²) in [6.45, 7) is 0. The minimum atomic E-state index is -3.77. The van der Waals surface area contributed by atoms with E-state index >= 15 is 0 Å². The molecule has 2 aromatic carbocycles. The second-order valence-corrected chi connectivity index (χ2v) is 9.49. The van der Waals surface area contributed by atoms with Crippen LogP contribution in [-0.2, 0) is 10.0 Å². The normalized spacial score (nSPS) is 15.0. The molecule has 1 aliphatic rings. The molecule has 5 nitrogen and oxygen atoms in total. The van der Waals surface area contributed by atoms with Gasteiger partial charge in [0.25, 0.3) is 10.0 Å². The van der Waals surface area contributed by atoms with Crippen LogP contribution in [0.1, 0.15) is 31.7 Å². The van der Waals surface area contributed by atoms with Crippen molar-refractivity contribution in [2.75, 3.05) is 11.0 Å². The van der Waals surface area contributed by atoms with Crippen LogP contribution in [0.25, 0.3) is 11.3 Å². The van der Waals surface area contributed by atoms with Gasteiger partial charge in [0.1, 0.15) is 10.6 Å². The highest BCUT2D eigenvalue weighted by Crippen LogP contribution is 2.34. The van der Waals surface area contributed by atoms with Crippen molar-refractivity contribution in [2.24, 2.45) is 0 Å². The summed E-state index contributed by atoms with van der Waals surface area (Å²) in [7, 11) is -3.77. The average Bonchev–Trinajstić information content (AvgIpc) is 3.38. The van der Waals surface area contributed by atoms with E-state index in [0.29, 0.717) is 11.4 Å². The molecule has 0 spiro atoms. The first-order valence-electron chi connectivity index (χ1n) is 9.38. The van der Waals surface area contributed by atoms with Gasteiger partial charge < -0.3 is 0 Å². The third-order valence-corrected chi connectivity index (χ3v) is 7.16. The molecule has 0 bridgehead atoms. The Morgan fingerprint density at radius 2 is 1.82 bits per heavy atom. The molecular formula is C21H23N3O2S2. The molecule has 1 heterocycles. The molecule has 4 rings (SSSR count). The summed E-state index contributed by atoms with van der Waals surface area (Å²) in [6.07, 6.45) is 8.06. The predicted octanol–water partition coefficient (Wildman–Crippen LogP) is 5.19. The van der Waals surface area contributed by atoms with Gasteiger partial charge >= 0.3 is 0 Å². The van der Waals surface area contributed by atoms with Crippen LogP contribution in [0.2, 0.25) is 0 Å². The van der Waals surface area contributed by atoms with Crippen LogP contribution in [0.3, 0.4) is 0 Å². The number of hydrogen-bond donors (Lipinski definition) is 1. The molecule has 28 heavy (non-hydrogen) atoms. The number of hydrogen-bond acceptors (Lipinski definition) is 4. The molecule has 146 valence electrons. The fraction of sp³-hybridized carbons (Fsp3) is 0.286. The van der Waals surface area contributed by atoms with E-state index < -0.39 is 10.0 Å². The fourth-order valence-electron chi connectivity index (χ4n) is 3.62. The van der Waals surface area contributed by atoms with Crippen LogP contribution in [0.5, 0.6) is 0 Å². The van der Waals surface area contributed by atoms with Crippen LogP contribution in [0.15, 0.2) is 70.6 Å².